The number of aromatic hydroxyl groups is 3. The fraction of sp³-hybridized carbons (Fsp3) is 0.611. The number of carbonyl (C=O) groups excluding carboxylic acids is 2. The van der Waals surface area contributed by atoms with E-state index in [0.29, 0.717) is 12.8 Å². The monoisotopic (exact) mass is 684 g/mol. The van der Waals surface area contributed by atoms with Crippen molar-refractivity contribution in [1.29, 1.82) is 0 Å². The smallest absolute Gasteiger partial charge is 0.202 e. The molecule has 49 heavy (non-hydrogen) atoms. The second-order valence-electron chi connectivity index (χ2n) is 14.3. The predicted octanol–water partition coefficient (Wildman–Crippen LogP) is 2.60. The van der Waals surface area contributed by atoms with Crippen LogP contribution in [0.5, 0.6) is 17.2 Å². The molecule has 0 radical (unpaired) electrons. The highest BCUT2D eigenvalue weighted by Crippen LogP contribution is 2.54. The number of hydrogen-bond donors (Lipinski definition) is 5. The number of hydrogen-bond acceptors (Lipinski definition) is 13. The molecule has 0 amide bonds. The van der Waals surface area contributed by atoms with Crippen LogP contribution in [0.1, 0.15) is 95.5 Å². The van der Waals surface area contributed by atoms with Gasteiger partial charge in [0.05, 0.1) is 40.6 Å². The van der Waals surface area contributed by atoms with Crippen LogP contribution in [0.15, 0.2) is 18.2 Å². The fourth-order valence-electron chi connectivity index (χ4n) is 8.06. The Labute approximate surface area is 285 Å². The number of carbonyl (C=O) groups is 2. The minimum Gasteiger partial charge on any atom is -0.507 e. The van der Waals surface area contributed by atoms with Gasteiger partial charge in [-0.1, -0.05) is 19.1 Å². The maximum atomic E-state index is 13.7. The average molecular weight is 685 g/mol. The highest BCUT2D eigenvalue weighted by Gasteiger charge is 2.51. The number of likely N-dealkylation sites (N-methyl/N-ethyl adjacent to an activating group) is 2. The number of aliphatic hydroxyl groups excluding tert-OH is 1. The minimum absolute atomic E-state index is 0.0329. The van der Waals surface area contributed by atoms with Gasteiger partial charge in [-0.25, -0.2) is 0 Å². The lowest BCUT2D eigenvalue weighted by Crippen LogP contribution is -2.59. The van der Waals surface area contributed by atoms with E-state index in [4.69, 9.17) is 18.9 Å². The van der Waals surface area contributed by atoms with Crippen molar-refractivity contribution in [1.82, 2.24) is 9.80 Å². The third-order valence-corrected chi connectivity index (χ3v) is 11.0. The van der Waals surface area contributed by atoms with E-state index in [-0.39, 0.29) is 59.2 Å². The van der Waals surface area contributed by atoms with Gasteiger partial charge >= 0.3 is 0 Å². The Bertz CT molecular complexity index is 1630. The first kappa shape index (κ1) is 35.7. The van der Waals surface area contributed by atoms with Crippen LogP contribution in [-0.4, -0.2) is 130 Å². The van der Waals surface area contributed by atoms with Crippen molar-refractivity contribution < 1.29 is 54.1 Å². The molecule has 0 saturated carbocycles. The predicted molar refractivity (Wildman–Crippen MR) is 176 cm³/mol. The molecule has 0 unspecified atom stereocenters. The maximum absolute atomic E-state index is 13.7. The third kappa shape index (κ3) is 5.93. The number of nitrogens with zero attached hydrogens (tertiary/aromatic N) is 2. The quantitative estimate of drug-likeness (QED) is 0.230. The number of ketones is 2. The first-order valence-corrected chi connectivity index (χ1v) is 17.0. The summed E-state index contributed by atoms with van der Waals surface area (Å²) >= 11 is 0. The second-order valence-corrected chi connectivity index (χ2v) is 14.3. The van der Waals surface area contributed by atoms with Crippen molar-refractivity contribution in [2.75, 3.05) is 28.2 Å². The summed E-state index contributed by atoms with van der Waals surface area (Å²) in [6.45, 7) is 5.46. The summed E-state index contributed by atoms with van der Waals surface area (Å²) in [5.74, 6) is -2.96. The molecule has 2 aliphatic heterocycles. The van der Waals surface area contributed by atoms with E-state index in [0.717, 1.165) is 0 Å². The summed E-state index contributed by atoms with van der Waals surface area (Å²) in [5, 5.41) is 56.3. The molecule has 4 aliphatic rings. The van der Waals surface area contributed by atoms with Gasteiger partial charge < -0.3 is 54.3 Å². The molecule has 0 bridgehead atoms. The van der Waals surface area contributed by atoms with Crippen LogP contribution in [0, 0.1) is 0 Å². The lowest BCUT2D eigenvalue weighted by atomic mass is 9.71. The fourth-order valence-corrected chi connectivity index (χ4v) is 8.06. The molecule has 13 heteroatoms. The van der Waals surface area contributed by atoms with Crippen LogP contribution in [0.4, 0.5) is 0 Å². The van der Waals surface area contributed by atoms with Gasteiger partial charge in [-0.2, -0.15) is 0 Å². The summed E-state index contributed by atoms with van der Waals surface area (Å²) in [6, 6.07) is 3.70. The Morgan fingerprint density at radius 1 is 0.857 bits per heavy atom. The molecule has 0 aromatic heterocycles. The normalized spacial score (nSPS) is 34.6. The van der Waals surface area contributed by atoms with E-state index in [1.807, 2.05) is 51.8 Å². The zero-order valence-corrected chi connectivity index (χ0v) is 29.0. The van der Waals surface area contributed by atoms with Crippen LogP contribution < -0.4 is 0 Å². The van der Waals surface area contributed by atoms with E-state index in [1.165, 1.54) is 18.2 Å². The molecule has 2 fully saturated rings. The Balaban J connectivity index is 1.32. The number of aliphatic hydroxyl groups is 2. The summed E-state index contributed by atoms with van der Waals surface area (Å²) in [4.78, 5) is 31.3. The lowest BCUT2D eigenvalue weighted by Gasteiger charge is -2.48. The van der Waals surface area contributed by atoms with E-state index in [2.05, 4.69) is 0 Å². The van der Waals surface area contributed by atoms with Crippen LogP contribution in [0.25, 0.3) is 0 Å². The van der Waals surface area contributed by atoms with E-state index < -0.39 is 83.1 Å². The van der Waals surface area contributed by atoms with Gasteiger partial charge in [-0.05, 0) is 67.4 Å². The highest BCUT2D eigenvalue weighted by atomic mass is 16.7. The zero-order valence-electron chi connectivity index (χ0n) is 29.0. The highest BCUT2D eigenvalue weighted by molar-refractivity contribution is 6.31. The van der Waals surface area contributed by atoms with E-state index in [9.17, 15) is 35.1 Å². The Kier molecular flexibility index (Phi) is 9.61. The number of rotatable bonds is 7. The van der Waals surface area contributed by atoms with E-state index >= 15 is 0 Å². The minimum atomic E-state index is -1.51. The SMILES string of the molecule is CC[C@]1(O)CCc2c(O)c3c(c(O)c2[C@H]1O[C@@H]1C[C@H](N(C)C)[C@@H](O[C@H]2C[C@@H](N(C)C)[C@@H](O)[C@@H](C)O2)[C@H](C)O1)C(=O)c1cccc(O)c1C3=O. The summed E-state index contributed by atoms with van der Waals surface area (Å²) in [6.07, 6.45) is -3.55. The summed E-state index contributed by atoms with van der Waals surface area (Å²) in [7, 11) is 7.65. The first-order valence-electron chi connectivity index (χ1n) is 17.0. The number of ether oxygens (including phenoxy) is 4. The standard InChI is InChI=1S/C36H48N2O11/c1-8-36(45)13-12-19-26(33(44)28-27(31(19)42)32(43)25-18(30(28)41)10-9-11-22(25)39)35(36)49-24-15-21(38(6)7)34(17(3)47-24)48-23-14-20(37(4)5)29(40)16(2)46-23/h9-11,16-17,20-21,23-24,29,34-35,39-40,42,44-45H,8,12-15H2,1-7H3/t16-,17+,20-,21+,23+,24-,29+,34+,35-,36+/m1/s1. The van der Waals surface area contributed by atoms with E-state index in [1.54, 1.807) is 6.92 Å². The van der Waals surface area contributed by atoms with Crippen molar-refractivity contribution in [3.05, 3.63) is 51.6 Å². The molecule has 2 heterocycles. The average Bonchev–Trinajstić information content (AvgIpc) is 3.04. The van der Waals surface area contributed by atoms with Gasteiger partial charge in [0.1, 0.15) is 29.5 Å². The summed E-state index contributed by atoms with van der Waals surface area (Å²) in [5.41, 5.74) is -2.40. The molecule has 2 aromatic rings. The molecular weight excluding hydrogens is 636 g/mol. The molecule has 6 rings (SSSR count). The molecular formula is C36H48N2O11. The zero-order chi connectivity index (χ0) is 35.7. The molecule has 2 saturated heterocycles. The Morgan fingerprint density at radius 3 is 2.12 bits per heavy atom. The number of phenolic OH excluding ortho intramolecular Hbond substituents is 3. The van der Waals surface area contributed by atoms with Gasteiger partial charge in [0.2, 0.25) is 5.78 Å². The third-order valence-electron chi connectivity index (χ3n) is 11.0. The number of benzene rings is 2. The van der Waals surface area contributed by atoms with Gasteiger partial charge in [-0.15, -0.1) is 0 Å². The summed E-state index contributed by atoms with van der Waals surface area (Å²) < 4.78 is 25.6. The topological polar surface area (TPSA) is 179 Å². The van der Waals surface area contributed by atoms with Gasteiger partial charge in [0.15, 0.2) is 18.4 Å². The maximum Gasteiger partial charge on any atom is 0.202 e. The van der Waals surface area contributed by atoms with Gasteiger partial charge in [0.25, 0.3) is 0 Å². The van der Waals surface area contributed by atoms with Gasteiger partial charge in [0, 0.05) is 41.6 Å². The first-order chi connectivity index (χ1) is 23.1. The lowest BCUT2D eigenvalue weighted by molar-refractivity contribution is -0.313. The van der Waals surface area contributed by atoms with Crippen LogP contribution in [0.3, 0.4) is 0 Å². The molecule has 13 nitrogen and oxygen atoms in total. The van der Waals surface area contributed by atoms with Crippen molar-refractivity contribution in [2.45, 2.75) is 114 Å². The molecule has 5 N–H and O–H groups in total. The molecule has 2 aliphatic carbocycles. The van der Waals surface area contributed by atoms with Crippen LogP contribution in [0.2, 0.25) is 0 Å². The van der Waals surface area contributed by atoms with Crippen molar-refractivity contribution >= 4 is 11.6 Å². The second kappa shape index (κ2) is 13.2. The van der Waals surface area contributed by atoms with Crippen molar-refractivity contribution in [3.8, 4) is 17.2 Å². The molecule has 10 atom stereocenters. The van der Waals surface area contributed by atoms with Gasteiger partial charge in [-0.3, -0.25) is 9.59 Å². The molecule has 0 spiro atoms. The Morgan fingerprint density at radius 2 is 1.47 bits per heavy atom. The molecule has 2 aromatic carbocycles. The van der Waals surface area contributed by atoms with Crippen molar-refractivity contribution in [2.24, 2.45) is 0 Å². The molecule has 268 valence electrons. The number of fused-ring (bicyclic) bond motifs is 3. The van der Waals surface area contributed by atoms with Crippen LogP contribution >= 0.6 is 0 Å². The van der Waals surface area contributed by atoms with Crippen LogP contribution in [-0.2, 0) is 25.4 Å². The van der Waals surface area contributed by atoms with Crippen molar-refractivity contribution in [3.63, 3.8) is 0 Å². The number of phenols is 3. The Hall–Kier alpha value is -3.14. The largest absolute Gasteiger partial charge is 0.507 e.